The summed E-state index contributed by atoms with van der Waals surface area (Å²) in [5.41, 5.74) is 6.21. The smallest absolute Gasteiger partial charge is 0.223 e. The third-order valence-electron chi connectivity index (χ3n) is 2.32. The average Bonchev–Trinajstić information content (AvgIpc) is 2.26. The van der Waals surface area contributed by atoms with E-state index in [9.17, 15) is 4.79 Å². The van der Waals surface area contributed by atoms with Gasteiger partial charge < -0.3 is 15.4 Å². The minimum atomic E-state index is -0.344. The number of nitrogens with zero attached hydrogens (tertiary/aromatic N) is 1. The predicted octanol–water partition coefficient (Wildman–Crippen LogP) is 1.25. The van der Waals surface area contributed by atoms with Crippen molar-refractivity contribution in [2.75, 3.05) is 25.6 Å². The Hall–Kier alpha value is -1.71. The first-order valence-corrected chi connectivity index (χ1v) is 5.20. The maximum atomic E-state index is 10.8. The molecule has 0 bridgehead atoms. The Morgan fingerprint density at radius 3 is 2.75 bits per heavy atom. The normalized spacial score (nSPS) is 11.9. The molecule has 0 saturated heterocycles. The summed E-state index contributed by atoms with van der Waals surface area (Å²) < 4.78 is 5.49. The van der Waals surface area contributed by atoms with Crippen LogP contribution in [-0.4, -0.2) is 26.6 Å². The second-order valence-corrected chi connectivity index (χ2v) is 4.01. The van der Waals surface area contributed by atoms with Gasteiger partial charge in [0.2, 0.25) is 5.91 Å². The van der Waals surface area contributed by atoms with E-state index in [-0.39, 0.29) is 11.8 Å². The minimum absolute atomic E-state index is 0.275. The van der Waals surface area contributed by atoms with Crippen molar-refractivity contribution in [2.45, 2.75) is 6.92 Å². The fraction of sp³-hybridized carbons (Fsp3) is 0.417. The van der Waals surface area contributed by atoms with Gasteiger partial charge in [0, 0.05) is 25.8 Å². The summed E-state index contributed by atoms with van der Waals surface area (Å²) >= 11 is 0. The van der Waals surface area contributed by atoms with E-state index in [1.165, 1.54) is 0 Å². The Morgan fingerprint density at radius 2 is 2.19 bits per heavy atom. The van der Waals surface area contributed by atoms with Crippen molar-refractivity contribution < 1.29 is 9.53 Å². The Bertz CT molecular complexity index is 364. The van der Waals surface area contributed by atoms with Crippen LogP contribution in [0.15, 0.2) is 24.3 Å². The highest BCUT2D eigenvalue weighted by Gasteiger charge is 2.09. The highest BCUT2D eigenvalue weighted by Crippen LogP contribution is 2.19. The quantitative estimate of drug-likeness (QED) is 0.815. The van der Waals surface area contributed by atoms with Crippen LogP contribution in [0.4, 0.5) is 5.69 Å². The molecular formula is C12H18N2O2. The minimum Gasteiger partial charge on any atom is -0.493 e. The summed E-state index contributed by atoms with van der Waals surface area (Å²) in [6.07, 6.45) is 0. The first kappa shape index (κ1) is 12.4. The third-order valence-corrected chi connectivity index (χ3v) is 2.32. The molecule has 1 amide bonds. The zero-order valence-corrected chi connectivity index (χ0v) is 9.93. The summed E-state index contributed by atoms with van der Waals surface area (Å²) in [7, 11) is 3.93. The second-order valence-electron chi connectivity index (χ2n) is 4.01. The molecule has 88 valence electrons. The molecule has 0 aliphatic heterocycles. The maximum absolute atomic E-state index is 10.8. The van der Waals surface area contributed by atoms with E-state index in [1.807, 2.05) is 43.3 Å². The molecule has 16 heavy (non-hydrogen) atoms. The van der Waals surface area contributed by atoms with Crippen LogP contribution >= 0.6 is 0 Å². The number of primary amides is 1. The molecule has 4 heteroatoms. The number of ether oxygens (including phenoxy) is 1. The topological polar surface area (TPSA) is 55.6 Å². The average molecular weight is 222 g/mol. The molecule has 1 unspecified atom stereocenters. The van der Waals surface area contributed by atoms with Crippen LogP contribution in [0.3, 0.4) is 0 Å². The van der Waals surface area contributed by atoms with Gasteiger partial charge >= 0.3 is 0 Å². The monoisotopic (exact) mass is 222 g/mol. The highest BCUT2D eigenvalue weighted by molar-refractivity contribution is 5.76. The van der Waals surface area contributed by atoms with Crippen molar-refractivity contribution in [3.63, 3.8) is 0 Å². The summed E-state index contributed by atoms with van der Waals surface area (Å²) in [6.45, 7) is 2.06. The Labute approximate surface area is 96.0 Å². The first-order chi connectivity index (χ1) is 7.50. The molecule has 1 aromatic rings. The molecule has 1 atom stereocenters. The first-order valence-electron chi connectivity index (χ1n) is 5.20. The van der Waals surface area contributed by atoms with Crippen LogP contribution < -0.4 is 15.4 Å². The predicted molar refractivity (Wildman–Crippen MR) is 64.6 cm³/mol. The van der Waals surface area contributed by atoms with E-state index in [4.69, 9.17) is 10.5 Å². The molecule has 0 saturated carbocycles. The molecular weight excluding hydrogens is 204 g/mol. The van der Waals surface area contributed by atoms with E-state index < -0.39 is 0 Å². The molecule has 4 nitrogen and oxygen atoms in total. The number of amides is 1. The Morgan fingerprint density at radius 1 is 1.50 bits per heavy atom. The van der Waals surface area contributed by atoms with Crippen molar-refractivity contribution in [2.24, 2.45) is 11.7 Å². The van der Waals surface area contributed by atoms with Gasteiger partial charge in [-0.3, -0.25) is 4.79 Å². The number of carbonyl (C=O) groups is 1. The van der Waals surface area contributed by atoms with Gasteiger partial charge in [0.25, 0.3) is 0 Å². The van der Waals surface area contributed by atoms with Gasteiger partial charge in [-0.1, -0.05) is 13.0 Å². The van der Waals surface area contributed by atoms with E-state index in [2.05, 4.69) is 0 Å². The van der Waals surface area contributed by atoms with Gasteiger partial charge in [0.15, 0.2) is 0 Å². The van der Waals surface area contributed by atoms with Gasteiger partial charge in [0.1, 0.15) is 5.75 Å². The lowest BCUT2D eigenvalue weighted by molar-refractivity contribution is -0.122. The fourth-order valence-corrected chi connectivity index (χ4v) is 1.15. The zero-order chi connectivity index (χ0) is 12.1. The Balaban J connectivity index is 2.60. The Kier molecular flexibility index (Phi) is 4.17. The lowest BCUT2D eigenvalue weighted by atomic mass is 10.2. The fourth-order valence-electron chi connectivity index (χ4n) is 1.15. The van der Waals surface area contributed by atoms with Crippen LogP contribution in [-0.2, 0) is 4.79 Å². The third kappa shape index (κ3) is 3.46. The van der Waals surface area contributed by atoms with Crippen molar-refractivity contribution in [3.8, 4) is 5.75 Å². The lowest BCUT2D eigenvalue weighted by Gasteiger charge is -2.15. The number of carbonyl (C=O) groups excluding carboxylic acids is 1. The standard InChI is InChI=1S/C12H18N2O2/c1-9(12(13)15)8-16-11-6-4-5-10(7-11)14(2)3/h4-7,9H,8H2,1-3H3,(H2,13,15). The van der Waals surface area contributed by atoms with Crippen LogP contribution in [0.2, 0.25) is 0 Å². The molecule has 0 spiro atoms. The zero-order valence-electron chi connectivity index (χ0n) is 9.93. The summed E-state index contributed by atoms with van der Waals surface area (Å²) in [4.78, 5) is 12.8. The molecule has 1 aromatic carbocycles. The van der Waals surface area contributed by atoms with E-state index in [0.29, 0.717) is 6.61 Å². The number of nitrogens with two attached hydrogens (primary N) is 1. The van der Waals surface area contributed by atoms with Crippen LogP contribution in [0.1, 0.15) is 6.92 Å². The number of rotatable bonds is 5. The van der Waals surface area contributed by atoms with Crippen molar-refractivity contribution >= 4 is 11.6 Å². The van der Waals surface area contributed by atoms with Gasteiger partial charge in [-0.15, -0.1) is 0 Å². The van der Waals surface area contributed by atoms with Crippen molar-refractivity contribution in [3.05, 3.63) is 24.3 Å². The lowest BCUT2D eigenvalue weighted by Crippen LogP contribution is -2.25. The van der Waals surface area contributed by atoms with Gasteiger partial charge in [0.05, 0.1) is 12.5 Å². The highest BCUT2D eigenvalue weighted by atomic mass is 16.5. The number of hydrogen-bond donors (Lipinski definition) is 1. The molecule has 0 aliphatic carbocycles. The molecule has 2 N–H and O–H groups in total. The second kappa shape index (κ2) is 5.39. The van der Waals surface area contributed by atoms with Gasteiger partial charge in [-0.25, -0.2) is 0 Å². The van der Waals surface area contributed by atoms with Gasteiger partial charge in [-0.05, 0) is 12.1 Å². The van der Waals surface area contributed by atoms with E-state index >= 15 is 0 Å². The SMILES string of the molecule is CC(COc1cccc(N(C)C)c1)C(N)=O. The van der Waals surface area contributed by atoms with Crippen LogP contribution in [0.5, 0.6) is 5.75 Å². The van der Waals surface area contributed by atoms with E-state index in [1.54, 1.807) is 6.92 Å². The molecule has 0 aliphatic rings. The largest absolute Gasteiger partial charge is 0.493 e. The number of benzene rings is 1. The molecule has 0 radical (unpaired) electrons. The van der Waals surface area contributed by atoms with E-state index in [0.717, 1.165) is 11.4 Å². The number of anilines is 1. The van der Waals surface area contributed by atoms with Crippen LogP contribution in [0, 0.1) is 5.92 Å². The summed E-state index contributed by atoms with van der Waals surface area (Å²) in [5.74, 6) is 0.131. The molecule has 0 heterocycles. The van der Waals surface area contributed by atoms with Crippen molar-refractivity contribution in [1.29, 1.82) is 0 Å². The molecule has 0 fully saturated rings. The van der Waals surface area contributed by atoms with Crippen molar-refractivity contribution in [1.82, 2.24) is 0 Å². The van der Waals surface area contributed by atoms with Crippen LogP contribution in [0.25, 0.3) is 0 Å². The number of hydrogen-bond acceptors (Lipinski definition) is 3. The summed E-state index contributed by atoms with van der Waals surface area (Å²) in [5, 5.41) is 0. The molecule has 1 rings (SSSR count). The van der Waals surface area contributed by atoms with Gasteiger partial charge in [-0.2, -0.15) is 0 Å². The summed E-state index contributed by atoms with van der Waals surface area (Å²) in [6, 6.07) is 7.69. The molecule has 0 aromatic heterocycles. The maximum Gasteiger partial charge on any atom is 0.223 e.